The number of hydrogen-bond acceptors (Lipinski definition) is 4. The minimum atomic E-state index is 0.155. The highest BCUT2D eigenvalue weighted by Crippen LogP contribution is 2.20. The third kappa shape index (κ3) is 3.11. The van der Waals surface area contributed by atoms with Crippen LogP contribution in [-0.2, 0) is 0 Å². The minimum Gasteiger partial charge on any atom is -0.363 e. The van der Waals surface area contributed by atoms with E-state index in [1.54, 1.807) is 13.2 Å². The molecule has 0 amide bonds. The van der Waals surface area contributed by atoms with Gasteiger partial charge in [0.2, 0.25) is 5.95 Å². The summed E-state index contributed by atoms with van der Waals surface area (Å²) >= 11 is 5.87. The van der Waals surface area contributed by atoms with E-state index < -0.39 is 0 Å². The predicted molar refractivity (Wildman–Crippen MR) is 75.1 cm³/mol. The Balaban J connectivity index is 2.10. The fourth-order valence-electron chi connectivity index (χ4n) is 1.62. The zero-order valence-electron chi connectivity index (χ0n) is 10.3. The summed E-state index contributed by atoms with van der Waals surface area (Å²) in [4.78, 5) is 8.38. The highest BCUT2D eigenvalue weighted by molar-refractivity contribution is 6.30. The molecule has 1 heterocycles. The second-order valence-corrected chi connectivity index (χ2v) is 4.37. The van der Waals surface area contributed by atoms with Gasteiger partial charge >= 0.3 is 0 Å². The monoisotopic (exact) mass is 262 g/mol. The average molecular weight is 263 g/mol. The van der Waals surface area contributed by atoms with Gasteiger partial charge in [0.15, 0.2) is 0 Å². The van der Waals surface area contributed by atoms with Crippen LogP contribution in [0.2, 0.25) is 5.02 Å². The van der Waals surface area contributed by atoms with E-state index in [-0.39, 0.29) is 6.04 Å². The topological polar surface area (TPSA) is 49.8 Å². The molecule has 1 aromatic heterocycles. The predicted octanol–water partition coefficient (Wildman–Crippen LogP) is 3.34. The van der Waals surface area contributed by atoms with E-state index in [0.717, 1.165) is 16.4 Å². The number of nitrogens with one attached hydrogen (secondary N) is 2. The number of halogens is 1. The maximum atomic E-state index is 5.87. The average Bonchev–Trinajstić information content (AvgIpc) is 2.39. The Morgan fingerprint density at radius 2 is 1.89 bits per heavy atom. The number of aromatic nitrogens is 2. The first-order valence-corrected chi connectivity index (χ1v) is 6.09. The molecule has 0 saturated heterocycles. The molecule has 2 rings (SSSR count). The van der Waals surface area contributed by atoms with Gasteiger partial charge in [-0.1, -0.05) is 23.7 Å². The van der Waals surface area contributed by atoms with E-state index in [0.29, 0.717) is 5.95 Å². The molecular weight excluding hydrogens is 248 g/mol. The van der Waals surface area contributed by atoms with Gasteiger partial charge in [0, 0.05) is 24.3 Å². The van der Waals surface area contributed by atoms with Crippen molar-refractivity contribution >= 4 is 23.4 Å². The van der Waals surface area contributed by atoms with E-state index in [9.17, 15) is 0 Å². The van der Waals surface area contributed by atoms with Gasteiger partial charge in [-0.2, -0.15) is 4.98 Å². The van der Waals surface area contributed by atoms with Gasteiger partial charge in [-0.05, 0) is 30.7 Å². The first kappa shape index (κ1) is 12.6. The zero-order valence-corrected chi connectivity index (χ0v) is 11.1. The van der Waals surface area contributed by atoms with Crippen LogP contribution in [0.1, 0.15) is 18.5 Å². The van der Waals surface area contributed by atoms with Gasteiger partial charge in [0.05, 0.1) is 0 Å². The lowest BCUT2D eigenvalue weighted by Crippen LogP contribution is -2.09. The van der Waals surface area contributed by atoms with Crippen LogP contribution in [0.25, 0.3) is 0 Å². The summed E-state index contributed by atoms with van der Waals surface area (Å²) in [5.74, 6) is 1.39. The molecule has 1 atom stereocenters. The second kappa shape index (κ2) is 5.69. The molecule has 0 aliphatic heterocycles. The lowest BCUT2D eigenvalue weighted by atomic mass is 10.1. The summed E-state index contributed by atoms with van der Waals surface area (Å²) in [5.41, 5.74) is 1.16. The molecular formula is C13H15ClN4. The van der Waals surface area contributed by atoms with Crippen LogP contribution in [0.3, 0.4) is 0 Å². The van der Waals surface area contributed by atoms with Crippen LogP contribution < -0.4 is 10.6 Å². The van der Waals surface area contributed by atoms with E-state index in [4.69, 9.17) is 11.6 Å². The van der Waals surface area contributed by atoms with Crippen LogP contribution in [0.5, 0.6) is 0 Å². The van der Waals surface area contributed by atoms with Crippen molar-refractivity contribution < 1.29 is 0 Å². The second-order valence-electron chi connectivity index (χ2n) is 3.93. The molecule has 0 fully saturated rings. The quantitative estimate of drug-likeness (QED) is 0.887. The van der Waals surface area contributed by atoms with Gasteiger partial charge in [0.1, 0.15) is 5.82 Å². The fourth-order valence-corrected chi connectivity index (χ4v) is 1.74. The summed E-state index contributed by atoms with van der Waals surface area (Å²) in [6, 6.07) is 9.76. The summed E-state index contributed by atoms with van der Waals surface area (Å²) in [6.07, 6.45) is 1.72. The largest absolute Gasteiger partial charge is 0.363 e. The van der Waals surface area contributed by atoms with Gasteiger partial charge in [-0.25, -0.2) is 4.98 Å². The molecule has 94 valence electrons. The third-order valence-electron chi connectivity index (χ3n) is 2.61. The van der Waals surface area contributed by atoms with Crippen molar-refractivity contribution in [3.05, 3.63) is 47.1 Å². The van der Waals surface area contributed by atoms with Crippen LogP contribution in [0, 0.1) is 0 Å². The fraction of sp³-hybridized carbons (Fsp3) is 0.231. The number of rotatable bonds is 4. The molecule has 2 N–H and O–H groups in total. The molecule has 2 aromatic rings. The van der Waals surface area contributed by atoms with Crippen molar-refractivity contribution in [1.29, 1.82) is 0 Å². The van der Waals surface area contributed by atoms with Gasteiger partial charge in [-0.3, -0.25) is 0 Å². The zero-order chi connectivity index (χ0) is 13.0. The standard InChI is InChI=1S/C13H15ClN4/c1-9(10-3-5-11(14)6-4-10)17-12-7-8-16-13(15-2)18-12/h3-9H,1-2H3,(H2,15,16,17,18). The Hall–Kier alpha value is -1.81. The van der Waals surface area contributed by atoms with Crippen LogP contribution in [0.4, 0.5) is 11.8 Å². The Morgan fingerprint density at radius 1 is 1.17 bits per heavy atom. The van der Waals surface area contributed by atoms with Crippen molar-refractivity contribution in [1.82, 2.24) is 9.97 Å². The van der Waals surface area contributed by atoms with Gasteiger partial charge in [0.25, 0.3) is 0 Å². The highest BCUT2D eigenvalue weighted by Gasteiger charge is 2.06. The number of benzene rings is 1. The molecule has 5 heteroatoms. The molecule has 0 bridgehead atoms. The molecule has 0 aliphatic carbocycles. The maximum absolute atomic E-state index is 5.87. The highest BCUT2D eigenvalue weighted by atomic mass is 35.5. The van der Waals surface area contributed by atoms with E-state index in [1.165, 1.54) is 0 Å². The van der Waals surface area contributed by atoms with Crippen molar-refractivity contribution in [3.63, 3.8) is 0 Å². The summed E-state index contributed by atoms with van der Waals surface area (Å²) in [5, 5.41) is 6.97. The van der Waals surface area contributed by atoms with Crippen molar-refractivity contribution in [3.8, 4) is 0 Å². The van der Waals surface area contributed by atoms with E-state index in [2.05, 4.69) is 27.5 Å². The van der Waals surface area contributed by atoms with Gasteiger partial charge < -0.3 is 10.6 Å². The van der Waals surface area contributed by atoms with Crippen LogP contribution >= 0.6 is 11.6 Å². The first-order chi connectivity index (χ1) is 8.69. The molecule has 18 heavy (non-hydrogen) atoms. The lowest BCUT2D eigenvalue weighted by Gasteiger charge is -2.15. The molecule has 0 spiro atoms. The van der Waals surface area contributed by atoms with Crippen molar-refractivity contribution in [2.24, 2.45) is 0 Å². The van der Waals surface area contributed by atoms with Crippen molar-refractivity contribution in [2.45, 2.75) is 13.0 Å². The first-order valence-electron chi connectivity index (χ1n) is 5.72. The van der Waals surface area contributed by atoms with E-state index >= 15 is 0 Å². The smallest absolute Gasteiger partial charge is 0.224 e. The SMILES string of the molecule is CNc1nccc(NC(C)c2ccc(Cl)cc2)n1. The van der Waals surface area contributed by atoms with Crippen molar-refractivity contribution in [2.75, 3.05) is 17.7 Å². The molecule has 1 unspecified atom stereocenters. The number of anilines is 2. The molecule has 1 aromatic carbocycles. The molecule has 4 nitrogen and oxygen atoms in total. The van der Waals surface area contributed by atoms with Gasteiger partial charge in [-0.15, -0.1) is 0 Å². The molecule has 0 saturated carbocycles. The Bertz CT molecular complexity index is 513. The maximum Gasteiger partial charge on any atom is 0.224 e. The summed E-state index contributed by atoms with van der Waals surface area (Å²) in [7, 11) is 1.79. The number of nitrogens with zero attached hydrogens (tertiary/aromatic N) is 2. The minimum absolute atomic E-state index is 0.155. The Kier molecular flexibility index (Phi) is 3.99. The molecule has 0 aliphatic rings. The van der Waals surface area contributed by atoms with Crippen LogP contribution in [0.15, 0.2) is 36.5 Å². The lowest BCUT2D eigenvalue weighted by molar-refractivity contribution is 0.872. The summed E-state index contributed by atoms with van der Waals surface area (Å²) < 4.78 is 0. The van der Waals surface area contributed by atoms with Crippen LogP contribution in [-0.4, -0.2) is 17.0 Å². The Labute approximate surface area is 111 Å². The Morgan fingerprint density at radius 3 is 2.56 bits per heavy atom. The van der Waals surface area contributed by atoms with E-state index in [1.807, 2.05) is 30.3 Å². The normalized spacial score (nSPS) is 11.9. The third-order valence-corrected chi connectivity index (χ3v) is 2.87. The molecule has 0 radical (unpaired) electrons. The summed E-state index contributed by atoms with van der Waals surface area (Å²) in [6.45, 7) is 2.07. The number of hydrogen-bond donors (Lipinski definition) is 2.